The van der Waals surface area contributed by atoms with Crippen LogP contribution in [0.15, 0.2) is 47.4 Å². The van der Waals surface area contributed by atoms with Crippen LogP contribution in [0, 0.1) is 0 Å². The number of hydrogen-bond acceptors (Lipinski definition) is 6. The van der Waals surface area contributed by atoms with Crippen molar-refractivity contribution in [2.24, 2.45) is 0 Å². The highest BCUT2D eigenvalue weighted by molar-refractivity contribution is 7.92. The van der Waals surface area contributed by atoms with E-state index in [9.17, 15) is 13.2 Å². The van der Waals surface area contributed by atoms with Gasteiger partial charge in [0.1, 0.15) is 5.75 Å². The summed E-state index contributed by atoms with van der Waals surface area (Å²) in [5.41, 5.74) is 1.51. The van der Waals surface area contributed by atoms with Crippen LogP contribution in [-0.2, 0) is 10.0 Å². The van der Waals surface area contributed by atoms with Gasteiger partial charge in [-0.2, -0.15) is 0 Å². The first kappa shape index (κ1) is 20.9. The minimum Gasteiger partial charge on any atom is -0.497 e. The Kier molecular flexibility index (Phi) is 6.60. The van der Waals surface area contributed by atoms with Gasteiger partial charge in [-0.3, -0.25) is 9.52 Å². The maximum absolute atomic E-state index is 13.0. The van der Waals surface area contributed by atoms with Crippen molar-refractivity contribution in [3.8, 4) is 5.75 Å². The van der Waals surface area contributed by atoms with Crippen LogP contribution in [0.5, 0.6) is 5.75 Å². The van der Waals surface area contributed by atoms with Gasteiger partial charge in [-0.15, -0.1) is 0 Å². The second-order valence-electron chi connectivity index (χ2n) is 6.61. The first-order valence-electron chi connectivity index (χ1n) is 9.49. The third kappa shape index (κ3) is 4.99. The molecule has 1 amide bonds. The number of nitrogens with zero attached hydrogens (tertiary/aromatic N) is 1. The number of anilines is 2. The third-order valence-electron chi connectivity index (χ3n) is 4.65. The summed E-state index contributed by atoms with van der Waals surface area (Å²) < 4.78 is 33.8. The Morgan fingerprint density at radius 2 is 1.93 bits per heavy atom. The predicted molar refractivity (Wildman–Crippen MR) is 113 cm³/mol. The van der Waals surface area contributed by atoms with Gasteiger partial charge < -0.3 is 20.3 Å². The zero-order valence-corrected chi connectivity index (χ0v) is 17.4. The summed E-state index contributed by atoms with van der Waals surface area (Å²) in [6, 6.07) is 11.4. The van der Waals surface area contributed by atoms with Gasteiger partial charge in [0, 0.05) is 44.4 Å². The number of benzene rings is 2. The van der Waals surface area contributed by atoms with Crippen molar-refractivity contribution in [2.75, 3.05) is 49.5 Å². The van der Waals surface area contributed by atoms with Gasteiger partial charge in [-0.25, -0.2) is 8.42 Å². The van der Waals surface area contributed by atoms with E-state index in [0.717, 1.165) is 31.9 Å². The molecule has 1 fully saturated rings. The average molecular weight is 419 g/mol. The zero-order valence-electron chi connectivity index (χ0n) is 16.6. The van der Waals surface area contributed by atoms with Crippen LogP contribution >= 0.6 is 0 Å². The van der Waals surface area contributed by atoms with E-state index in [0.29, 0.717) is 23.5 Å². The van der Waals surface area contributed by atoms with Gasteiger partial charge in [0.25, 0.3) is 15.9 Å². The fourth-order valence-corrected chi connectivity index (χ4v) is 4.28. The SMILES string of the molecule is CCNC(=O)c1ccc(N2CCNCC2)c(NS(=O)(=O)c2cccc(OC)c2)c1. The lowest BCUT2D eigenvalue weighted by atomic mass is 10.1. The normalized spacial score (nSPS) is 14.3. The molecule has 0 unspecified atom stereocenters. The van der Waals surface area contributed by atoms with E-state index in [1.165, 1.54) is 19.2 Å². The second-order valence-corrected chi connectivity index (χ2v) is 8.30. The Bertz CT molecular complexity index is 972. The Morgan fingerprint density at radius 1 is 1.17 bits per heavy atom. The molecule has 2 aromatic rings. The van der Waals surface area contributed by atoms with Crippen LogP contribution in [0.1, 0.15) is 17.3 Å². The summed E-state index contributed by atoms with van der Waals surface area (Å²) >= 11 is 0. The second kappa shape index (κ2) is 9.15. The van der Waals surface area contributed by atoms with Crippen LogP contribution in [0.2, 0.25) is 0 Å². The number of ether oxygens (including phenoxy) is 1. The van der Waals surface area contributed by atoms with Gasteiger partial charge in [-0.1, -0.05) is 6.07 Å². The molecule has 0 aromatic heterocycles. The Hall–Kier alpha value is -2.78. The molecular weight excluding hydrogens is 392 g/mol. The molecule has 3 N–H and O–H groups in total. The third-order valence-corrected chi connectivity index (χ3v) is 6.01. The molecule has 1 saturated heterocycles. The van der Waals surface area contributed by atoms with Crippen molar-refractivity contribution in [1.82, 2.24) is 10.6 Å². The van der Waals surface area contributed by atoms with Gasteiger partial charge in [-0.05, 0) is 37.3 Å². The highest BCUT2D eigenvalue weighted by Gasteiger charge is 2.21. The van der Waals surface area contributed by atoms with Gasteiger partial charge >= 0.3 is 0 Å². The fourth-order valence-electron chi connectivity index (χ4n) is 3.18. The van der Waals surface area contributed by atoms with E-state index >= 15 is 0 Å². The lowest BCUT2D eigenvalue weighted by Crippen LogP contribution is -2.43. The van der Waals surface area contributed by atoms with E-state index in [2.05, 4.69) is 20.3 Å². The largest absolute Gasteiger partial charge is 0.497 e. The van der Waals surface area contributed by atoms with Crippen molar-refractivity contribution in [1.29, 1.82) is 0 Å². The topological polar surface area (TPSA) is 99.8 Å². The number of amides is 1. The van der Waals surface area contributed by atoms with Crippen molar-refractivity contribution in [2.45, 2.75) is 11.8 Å². The first-order valence-corrected chi connectivity index (χ1v) is 11.0. The predicted octanol–water partition coefficient (Wildman–Crippen LogP) is 1.66. The summed E-state index contributed by atoms with van der Waals surface area (Å²) in [5, 5.41) is 6.02. The van der Waals surface area contributed by atoms with Crippen LogP contribution < -0.4 is 25.0 Å². The molecule has 1 aliphatic rings. The molecule has 29 heavy (non-hydrogen) atoms. The Labute approximate surface area is 171 Å². The zero-order chi connectivity index (χ0) is 20.9. The van der Waals surface area contributed by atoms with Crippen molar-refractivity contribution >= 4 is 27.3 Å². The highest BCUT2D eigenvalue weighted by atomic mass is 32.2. The smallest absolute Gasteiger partial charge is 0.262 e. The number of carbonyl (C=O) groups is 1. The molecule has 0 radical (unpaired) electrons. The number of piperazine rings is 1. The van der Waals surface area contributed by atoms with Crippen LogP contribution in [0.25, 0.3) is 0 Å². The lowest BCUT2D eigenvalue weighted by molar-refractivity contribution is 0.0956. The van der Waals surface area contributed by atoms with Gasteiger partial charge in [0.15, 0.2) is 0 Å². The summed E-state index contributed by atoms with van der Waals surface area (Å²) in [6.07, 6.45) is 0. The number of sulfonamides is 1. The standard InChI is InChI=1S/C20H26N4O4S/c1-3-22-20(25)15-7-8-19(24-11-9-21-10-12-24)18(13-15)23-29(26,27)17-6-4-5-16(14-17)28-2/h4-8,13-14,21,23H,3,9-12H2,1-2H3,(H,22,25). The Morgan fingerprint density at radius 3 is 2.62 bits per heavy atom. The molecule has 0 bridgehead atoms. The van der Waals surface area contributed by atoms with E-state index in [4.69, 9.17) is 4.74 Å². The minimum absolute atomic E-state index is 0.0894. The molecule has 0 saturated carbocycles. The first-order chi connectivity index (χ1) is 13.9. The average Bonchev–Trinajstić information content (AvgIpc) is 2.74. The lowest BCUT2D eigenvalue weighted by Gasteiger charge is -2.31. The number of hydrogen-bond donors (Lipinski definition) is 3. The van der Waals surface area contributed by atoms with E-state index < -0.39 is 10.0 Å². The molecule has 0 atom stereocenters. The highest BCUT2D eigenvalue weighted by Crippen LogP contribution is 2.30. The van der Waals surface area contributed by atoms with Gasteiger partial charge in [0.2, 0.25) is 0 Å². The molecular formula is C20H26N4O4S. The summed E-state index contributed by atoms with van der Waals surface area (Å²) in [5.74, 6) is 0.201. The molecule has 9 heteroatoms. The number of rotatable bonds is 7. The molecule has 1 aliphatic heterocycles. The molecule has 1 heterocycles. The van der Waals surface area contributed by atoms with Crippen LogP contribution in [0.4, 0.5) is 11.4 Å². The fraction of sp³-hybridized carbons (Fsp3) is 0.350. The molecule has 0 aliphatic carbocycles. The Balaban J connectivity index is 1.99. The van der Waals surface area contributed by atoms with Crippen LogP contribution in [-0.4, -0.2) is 54.2 Å². The molecule has 0 spiro atoms. The van der Waals surface area contributed by atoms with E-state index in [1.54, 1.807) is 30.3 Å². The van der Waals surface area contributed by atoms with E-state index in [-0.39, 0.29) is 10.8 Å². The molecule has 3 rings (SSSR count). The van der Waals surface area contributed by atoms with Crippen LogP contribution in [0.3, 0.4) is 0 Å². The monoisotopic (exact) mass is 418 g/mol. The van der Waals surface area contributed by atoms with E-state index in [1.807, 2.05) is 6.92 Å². The van der Waals surface area contributed by atoms with Crippen molar-refractivity contribution in [3.63, 3.8) is 0 Å². The number of methoxy groups -OCH3 is 1. The van der Waals surface area contributed by atoms with Crippen molar-refractivity contribution < 1.29 is 17.9 Å². The number of carbonyl (C=O) groups excluding carboxylic acids is 1. The minimum atomic E-state index is -3.87. The maximum atomic E-state index is 13.0. The maximum Gasteiger partial charge on any atom is 0.262 e. The van der Waals surface area contributed by atoms with Crippen molar-refractivity contribution in [3.05, 3.63) is 48.0 Å². The number of nitrogens with one attached hydrogen (secondary N) is 3. The summed E-state index contributed by atoms with van der Waals surface area (Å²) in [6.45, 7) is 5.42. The summed E-state index contributed by atoms with van der Waals surface area (Å²) in [4.78, 5) is 14.5. The molecule has 8 nitrogen and oxygen atoms in total. The van der Waals surface area contributed by atoms with Gasteiger partial charge in [0.05, 0.1) is 23.4 Å². The quantitative estimate of drug-likeness (QED) is 0.632. The molecule has 2 aromatic carbocycles. The summed E-state index contributed by atoms with van der Waals surface area (Å²) in [7, 11) is -2.38. The molecule has 156 valence electrons.